The Morgan fingerprint density at radius 3 is 2.93 bits per heavy atom. The van der Waals surface area contributed by atoms with Crippen LogP contribution in [0.1, 0.15) is 41.1 Å². The van der Waals surface area contributed by atoms with Crippen molar-refractivity contribution in [1.29, 1.82) is 0 Å². The maximum Gasteiger partial charge on any atom is 0.341 e. The molecule has 0 bridgehead atoms. The minimum absolute atomic E-state index is 0.164. The molecule has 0 aliphatic heterocycles. The van der Waals surface area contributed by atoms with Crippen LogP contribution < -0.4 is 10.9 Å². The monoisotopic (exact) mass is 425 g/mol. The van der Waals surface area contributed by atoms with Gasteiger partial charge < -0.3 is 10.1 Å². The summed E-state index contributed by atoms with van der Waals surface area (Å²) in [6, 6.07) is 7.17. The summed E-state index contributed by atoms with van der Waals surface area (Å²) in [7, 11) is 0. The van der Waals surface area contributed by atoms with Gasteiger partial charge >= 0.3 is 5.97 Å². The van der Waals surface area contributed by atoms with Crippen LogP contribution in [0.4, 0.5) is 5.00 Å². The number of fused-ring (bicyclic) bond motifs is 2. The van der Waals surface area contributed by atoms with Crippen LogP contribution in [0.3, 0.4) is 0 Å². The highest BCUT2D eigenvalue weighted by atomic mass is 32.1. The van der Waals surface area contributed by atoms with Crippen molar-refractivity contribution in [3.8, 4) is 0 Å². The van der Waals surface area contributed by atoms with Gasteiger partial charge in [0, 0.05) is 4.88 Å². The molecule has 0 radical (unpaired) electrons. The smallest absolute Gasteiger partial charge is 0.341 e. The summed E-state index contributed by atoms with van der Waals surface area (Å²) in [6.07, 6.45) is 3.90. The lowest BCUT2D eigenvalue weighted by Crippen LogP contribution is -2.28. The Kier molecular flexibility index (Phi) is 5.67. The predicted molar refractivity (Wildman–Crippen MR) is 116 cm³/mol. The number of rotatable bonds is 5. The number of hydrogen-bond donors (Lipinski definition) is 1. The van der Waals surface area contributed by atoms with Crippen molar-refractivity contribution in [2.45, 2.75) is 39.7 Å². The van der Waals surface area contributed by atoms with E-state index in [2.05, 4.69) is 17.2 Å². The Labute approximate surface area is 177 Å². The summed E-state index contributed by atoms with van der Waals surface area (Å²) in [6.45, 7) is 4.05. The normalized spacial score (nSPS) is 15.6. The van der Waals surface area contributed by atoms with Crippen molar-refractivity contribution in [3.63, 3.8) is 0 Å². The van der Waals surface area contributed by atoms with Crippen molar-refractivity contribution in [3.05, 3.63) is 56.8 Å². The maximum atomic E-state index is 12.9. The van der Waals surface area contributed by atoms with E-state index >= 15 is 0 Å². The van der Waals surface area contributed by atoms with E-state index in [-0.39, 0.29) is 24.6 Å². The molecule has 1 aliphatic carbocycles. The number of benzene rings is 1. The van der Waals surface area contributed by atoms with Crippen LogP contribution in [0.2, 0.25) is 0 Å². The molecule has 0 saturated heterocycles. The van der Waals surface area contributed by atoms with E-state index < -0.39 is 5.97 Å². The molecule has 3 aromatic rings. The topological polar surface area (TPSA) is 90.3 Å². The van der Waals surface area contributed by atoms with Gasteiger partial charge in [-0.25, -0.2) is 9.78 Å². The van der Waals surface area contributed by atoms with E-state index in [1.165, 1.54) is 22.1 Å². The fourth-order valence-electron chi connectivity index (χ4n) is 3.85. The number of anilines is 1. The number of amides is 1. The molecule has 0 fully saturated rings. The van der Waals surface area contributed by atoms with Gasteiger partial charge in [0.05, 0.1) is 29.4 Å². The Morgan fingerprint density at radius 1 is 1.33 bits per heavy atom. The molecule has 30 heavy (non-hydrogen) atoms. The van der Waals surface area contributed by atoms with Gasteiger partial charge in [-0.3, -0.25) is 14.2 Å². The van der Waals surface area contributed by atoms with Gasteiger partial charge in [0.15, 0.2) is 0 Å². The molecule has 0 saturated carbocycles. The molecule has 1 aliphatic rings. The van der Waals surface area contributed by atoms with Crippen LogP contribution in [-0.2, 0) is 28.9 Å². The van der Waals surface area contributed by atoms with E-state index in [9.17, 15) is 14.4 Å². The number of nitrogens with zero attached hydrogens (tertiary/aromatic N) is 2. The van der Waals surface area contributed by atoms with Crippen molar-refractivity contribution >= 4 is 39.2 Å². The third-order valence-corrected chi connectivity index (χ3v) is 6.47. The summed E-state index contributed by atoms with van der Waals surface area (Å²) in [5.74, 6) is -0.242. The zero-order chi connectivity index (χ0) is 21.3. The first-order chi connectivity index (χ1) is 14.5. The lowest BCUT2D eigenvalue weighted by Gasteiger charge is -2.18. The fraction of sp³-hybridized carbons (Fsp3) is 0.364. The minimum atomic E-state index is -0.411. The lowest BCUT2D eigenvalue weighted by atomic mass is 9.88. The molecule has 1 unspecified atom stereocenters. The SMILES string of the molecule is CCOC(=O)c1c(NC(=O)Cn2c(=O)cnc3ccccc32)sc2c1CCC(C)C2. The van der Waals surface area contributed by atoms with Crippen LogP contribution in [0.25, 0.3) is 11.0 Å². The number of thiophene rings is 1. The van der Waals surface area contributed by atoms with Crippen LogP contribution in [-0.4, -0.2) is 28.0 Å². The Morgan fingerprint density at radius 2 is 2.13 bits per heavy atom. The van der Waals surface area contributed by atoms with E-state index in [0.29, 0.717) is 27.5 Å². The number of carbonyl (C=O) groups excluding carboxylic acids is 2. The van der Waals surface area contributed by atoms with Gasteiger partial charge in [-0.15, -0.1) is 11.3 Å². The van der Waals surface area contributed by atoms with Crippen LogP contribution in [0, 0.1) is 5.92 Å². The highest BCUT2D eigenvalue weighted by molar-refractivity contribution is 7.17. The molecular weight excluding hydrogens is 402 g/mol. The van der Waals surface area contributed by atoms with Gasteiger partial charge in [-0.1, -0.05) is 19.1 Å². The molecule has 7 nitrogen and oxygen atoms in total. The largest absolute Gasteiger partial charge is 0.462 e. The van der Waals surface area contributed by atoms with Crippen molar-refractivity contribution < 1.29 is 14.3 Å². The van der Waals surface area contributed by atoms with Gasteiger partial charge in [-0.05, 0) is 49.8 Å². The Balaban J connectivity index is 1.65. The Bertz CT molecular complexity index is 1180. The van der Waals surface area contributed by atoms with E-state index in [4.69, 9.17) is 4.74 Å². The number of ether oxygens (including phenoxy) is 1. The number of esters is 1. The maximum absolute atomic E-state index is 12.9. The van der Waals surface area contributed by atoms with Gasteiger partial charge in [0.2, 0.25) is 5.91 Å². The fourth-order valence-corrected chi connectivity index (χ4v) is 5.26. The molecule has 1 atom stereocenters. The molecular formula is C22H23N3O4S. The highest BCUT2D eigenvalue weighted by Gasteiger charge is 2.29. The Hall–Kier alpha value is -3.00. The first-order valence-electron chi connectivity index (χ1n) is 10.0. The zero-order valence-electron chi connectivity index (χ0n) is 16.9. The average Bonchev–Trinajstić information content (AvgIpc) is 3.07. The highest BCUT2D eigenvalue weighted by Crippen LogP contribution is 2.40. The molecule has 8 heteroatoms. The molecule has 156 valence electrons. The quantitative estimate of drug-likeness (QED) is 0.633. The number of hydrogen-bond acceptors (Lipinski definition) is 6. The number of carbonyl (C=O) groups is 2. The molecule has 2 heterocycles. The van der Waals surface area contributed by atoms with Gasteiger partial charge in [0.25, 0.3) is 5.56 Å². The number of para-hydroxylation sites is 2. The first-order valence-corrected chi connectivity index (χ1v) is 10.9. The summed E-state index contributed by atoms with van der Waals surface area (Å²) in [5.41, 5.74) is 2.32. The van der Waals surface area contributed by atoms with Crippen LogP contribution in [0.15, 0.2) is 35.3 Å². The second-order valence-electron chi connectivity index (χ2n) is 7.50. The van der Waals surface area contributed by atoms with E-state index in [0.717, 1.165) is 29.7 Å². The summed E-state index contributed by atoms with van der Waals surface area (Å²) in [4.78, 5) is 43.0. The van der Waals surface area contributed by atoms with E-state index in [1.54, 1.807) is 25.1 Å². The minimum Gasteiger partial charge on any atom is -0.462 e. The summed E-state index contributed by atoms with van der Waals surface area (Å²) >= 11 is 1.43. The molecule has 2 aromatic heterocycles. The molecule has 1 aromatic carbocycles. The van der Waals surface area contributed by atoms with Crippen molar-refractivity contribution in [2.75, 3.05) is 11.9 Å². The van der Waals surface area contributed by atoms with Crippen molar-refractivity contribution in [2.24, 2.45) is 5.92 Å². The molecule has 1 N–H and O–H groups in total. The average molecular weight is 426 g/mol. The van der Waals surface area contributed by atoms with Gasteiger partial charge in [-0.2, -0.15) is 0 Å². The second kappa shape index (κ2) is 8.39. The standard InChI is InChI=1S/C22H23N3O4S/c1-3-29-22(28)20-14-9-8-13(2)10-17(14)30-21(20)24-18(26)12-25-16-7-5-4-6-15(16)23-11-19(25)27/h4-7,11,13H,3,8-10,12H2,1-2H3,(H,24,26). The lowest BCUT2D eigenvalue weighted by molar-refractivity contribution is -0.116. The van der Waals surface area contributed by atoms with Crippen LogP contribution in [0.5, 0.6) is 0 Å². The molecule has 4 rings (SSSR count). The van der Waals surface area contributed by atoms with Crippen molar-refractivity contribution in [1.82, 2.24) is 9.55 Å². The first kappa shape index (κ1) is 20.3. The zero-order valence-corrected chi connectivity index (χ0v) is 17.8. The molecule has 1 amide bonds. The summed E-state index contributed by atoms with van der Waals surface area (Å²) < 4.78 is 6.64. The van der Waals surface area contributed by atoms with Gasteiger partial charge in [0.1, 0.15) is 11.5 Å². The predicted octanol–water partition coefficient (Wildman–Crippen LogP) is 3.40. The number of nitrogens with one attached hydrogen (secondary N) is 1. The van der Waals surface area contributed by atoms with Crippen LogP contribution >= 0.6 is 11.3 Å². The third-order valence-electron chi connectivity index (χ3n) is 5.30. The summed E-state index contributed by atoms with van der Waals surface area (Å²) in [5, 5.41) is 3.36. The van der Waals surface area contributed by atoms with E-state index in [1.807, 2.05) is 6.07 Å². The third kappa shape index (κ3) is 3.87. The molecule has 0 spiro atoms. The second-order valence-corrected chi connectivity index (χ2v) is 8.60. The number of aromatic nitrogens is 2.